The quantitative estimate of drug-likeness (QED) is 0.757. The Hall–Kier alpha value is -1.83. The number of aryl methyl sites for hydroxylation is 2. The first kappa shape index (κ1) is 11.6. The molecule has 17 heavy (non-hydrogen) atoms. The molecule has 0 aliphatic carbocycles. The molecule has 0 spiro atoms. The number of carbonyl (C=O) groups is 1. The lowest BCUT2D eigenvalue weighted by Crippen LogP contribution is -2.04. The van der Waals surface area contributed by atoms with Crippen molar-refractivity contribution in [3.8, 4) is 0 Å². The standard InChI is InChI=1S/C9H10N4O3S/c14-8(15)5-17-9-10-2-4-13(9)3-1-7-11-6-12-16-7/h2,4,6H,1,3,5H2,(H,14,15). The van der Waals surface area contributed by atoms with Gasteiger partial charge in [-0.3, -0.25) is 4.79 Å². The maximum absolute atomic E-state index is 10.5. The van der Waals surface area contributed by atoms with Crippen LogP contribution >= 0.6 is 11.8 Å². The van der Waals surface area contributed by atoms with E-state index in [2.05, 4.69) is 15.1 Å². The Morgan fingerprint density at radius 2 is 2.41 bits per heavy atom. The first-order valence-corrected chi connectivity index (χ1v) is 5.85. The van der Waals surface area contributed by atoms with Crippen molar-refractivity contribution < 1.29 is 14.4 Å². The van der Waals surface area contributed by atoms with Gasteiger partial charge >= 0.3 is 5.97 Å². The predicted molar refractivity (Wildman–Crippen MR) is 58.6 cm³/mol. The van der Waals surface area contributed by atoms with Gasteiger partial charge in [0.1, 0.15) is 0 Å². The maximum Gasteiger partial charge on any atom is 0.313 e. The summed E-state index contributed by atoms with van der Waals surface area (Å²) < 4.78 is 6.73. The average Bonchev–Trinajstić information content (AvgIpc) is 2.95. The Labute approximate surface area is 101 Å². The third-order valence-electron chi connectivity index (χ3n) is 1.98. The Morgan fingerprint density at radius 3 is 3.12 bits per heavy atom. The van der Waals surface area contributed by atoms with Gasteiger partial charge in [-0.25, -0.2) is 4.98 Å². The van der Waals surface area contributed by atoms with Crippen LogP contribution in [0.5, 0.6) is 0 Å². The zero-order valence-electron chi connectivity index (χ0n) is 8.81. The summed E-state index contributed by atoms with van der Waals surface area (Å²) in [5.74, 6) is -0.313. The van der Waals surface area contributed by atoms with E-state index in [0.29, 0.717) is 24.0 Å². The number of hydrogen-bond donors (Lipinski definition) is 1. The smallest absolute Gasteiger partial charge is 0.313 e. The number of hydrogen-bond acceptors (Lipinski definition) is 6. The Balaban J connectivity index is 1.92. The summed E-state index contributed by atoms with van der Waals surface area (Å²) in [6.07, 6.45) is 5.37. The van der Waals surface area contributed by atoms with E-state index < -0.39 is 5.97 Å². The molecule has 2 rings (SSSR count). The molecular weight excluding hydrogens is 244 g/mol. The van der Waals surface area contributed by atoms with E-state index in [-0.39, 0.29) is 5.75 Å². The first-order chi connectivity index (χ1) is 8.25. The van der Waals surface area contributed by atoms with E-state index >= 15 is 0 Å². The summed E-state index contributed by atoms with van der Waals surface area (Å²) >= 11 is 1.18. The van der Waals surface area contributed by atoms with Crippen LogP contribution in [-0.4, -0.2) is 36.5 Å². The summed E-state index contributed by atoms with van der Waals surface area (Å²) in [7, 11) is 0. The normalized spacial score (nSPS) is 10.6. The van der Waals surface area contributed by atoms with Crippen molar-refractivity contribution in [3.05, 3.63) is 24.6 Å². The number of imidazole rings is 1. The van der Waals surface area contributed by atoms with Gasteiger partial charge in [-0.2, -0.15) is 4.98 Å². The SMILES string of the molecule is O=C(O)CSc1nccn1CCc1ncno1. The second-order valence-corrected chi connectivity index (χ2v) is 4.11. The van der Waals surface area contributed by atoms with E-state index in [9.17, 15) is 4.79 Å². The highest BCUT2D eigenvalue weighted by Gasteiger charge is 2.07. The van der Waals surface area contributed by atoms with Crippen molar-refractivity contribution in [1.82, 2.24) is 19.7 Å². The van der Waals surface area contributed by atoms with Gasteiger partial charge in [0.2, 0.25) is 5.89 Å². The molecule has 0 atom stereocenters. The van der Waals surface area contributed by atoms with Crippen LogP contribution in [0.4, 0.5) is 0 Å². The Kier molecular flexibility index (Phi) is 3.76. The number of nitrogens with zero attached hydrogens (tertiary/aromatic N) is 4. The van der Waals surface area contributed by atoms with E-state index in [1.54, 1.807) is 12.4 Å². The van der Waals surface area contributed by atoms with Crippen molar-refractivity contribution >= 4 is 17.7 Å². The minimum Gasteiger partial charge on any atom is -0.481 e. The van der Waals surface area contributed by atoms with Crippen LogP contribution in [0.2, 0.25) is 0 Å². The molecule has 0 bridgehead atoms. The molecule has 0 aromatic carbocycles. The maximum atomic E-state index is 10.5. The molecule has 2 aromatic heterocycles. The van der Waals surface area contributed by atoms with E-state index in [1.165, 1.54) is 18.1 Å². The molecule has 0 saturated carbocycles. The van der Waals surface area contributed by atoms with Crippen molar-refractivity contribution in [3.63, 3.8) is 0 Å². The monoisotopic (exact) mass is 254 g/mol. The minimum atomic E-state index is -0.860. The largest absolute Gasteiger partial charge is 0.481 e. The number of thioether (sulfide) groups is 1. The summed E-state index contributed by atoms with van der Waals surface area (Å²) in [4.78, 5) is 18.5. The highest BCUT2D eigenvalue weighted by molar-refractivity contribution is 7.99. The van der Waals surface area contributed by atoms with E-state index in [1.807, 2.05) is 4.57 Å². The van der Waals surface area contributed by atoms with Gasteiger partial charge in [0.05, 0.1) is 5.75 Å². The van der Waals surface area contributed by atoms with Gasteiger partial charge in [0.25, 0.3) is 0 Å². The molecule has 0 amide bonds. The van der Waals surface area contributed by atoms with Crippen molar-refractivity contribution in [2.45, 2.75) is 18.1 Å². The highest BCUT2D eigenvalue weighted by Crippen LogP contribution is 2.15. The molecular formula is C9H10N4O3S. The molecule has 7 nitrogen and oxygen atoms in total. The van der Waals surface area contributed by atoms with Crippen LogP contribution in [0.1, 0.15) is 5.89 Å². The molecule has 0 fully saturated rings. The van der Waals surface area contributed by atoms with Crippen molar-refractivity contribution in [2.75, 3.05) is 5.75 Å². The lowest BCUT2D eigenvalue weighted by Gasteiger charge is -2.04. The van der Waals surface area contributed by atoms with Gasteiger partial charge in [-0.15, -0.1) is 0 Å². The summed E-state index contributed by atoms with van der Waals surface area (Å²) in [6.45, 7) is 0.629. The van der Waals surface area contributed by atoms with E-state index in [0.717, 1.165) is 0 Å². The third kappa shape index (κ3) is 3.31. The molecule has 0 unspecified atom stereocenters. The number of carboxylic acids is 1. The second-order valence-electron chi connectivity index (χ2n) is 3.17. The van der Waals surface area contributed by atoms with Gasteiger partial charge in [-0.1, -0.05) is 16.9 Å². The molecule has 0 saturated heterocycles. The summed E-state index contributed by atoms with van der Waals surface area (Å²) in [5.41, 5.74) is 0. The molecule has 1 N–H and O–H groups in total. The second kappa shape index (κ2) is 5.48. The summed E-state index contributed by atoms with van der Waals surface area (Å²) in [5, 5.41) is 12.8. The highest BCUT2D eigenvalue weighted by atomic mass is 32.2. The van der Waals surface area contributed by atoms with Gasteiger partial charge < -0.3 is 14.2 Å². The molecule has 0 radical (unpaired) electrons. The van der Waals surface area contributed by atoms with Crippen LogP contribution in [0.3, 0.4) is 0 Å². The van der Waals surface area contributed by atoms with Crippen LogP contribution in [0, 0.1) is 0 Å². The molecule has 0 aliphatic heterocycles. The van der Waals surface area contributed by atoms with Crippen molar-refractivity contribution in [2.24, 2.45) is 0 Å². The topological polar surface area (TPSA) is 94.0 Å². The molecule has 0 aliphatic rings. The Morgan fingerprint density at radius 1 is 1.53 bits per heavy atom. The third-order valence-corrected chi connectivity index (χ3v) is 2.96. The number of aromatic nitrogens is 4. The van der Waals surface area contributed by atoms with Gasteiger partial charge in [0, 0.05) is 25.4 Å². The fourth-order valence-electron chi connectivity index (χ4n) is 1.25. The van der Waals surface area contributed by atoms with Crippen LogP contribution < -0.4 is 0 Å². The number of rotatable bonds is 6. The Bertz CT molecular complexity index is 482. The van der Waals surface area contributed by atoms with Crippen LogP contribution in [-0.2, 0) is 17.8 Å². The van der Waals surface area contributed by atoms with Gasteiger partial charge in [0.15, 0.2) is 11.5 Å². The molecule has 8 heteroatoms. The zero-order valence-corrected chi connectivity index (χ0v) is 9.63. The molecule has 2 heterocycles. The van der Waals surface area contributed by atoms with Crippen molar-refractivity contribution in [1.29, 1.82) is 0 Å². The first-order valence-electron chi connectivity index (χ1n) is 4.87. The number of carboxylic acid groups (broad SMARTS) is 1. The van der Waals surface area contributed by atoms with Crippen LogP contribution in [0.15, 0.2) is 28.4 Å². The lowest BCUT2D eigenvalue weighted by atomic mass is 10.4. The number of aliphatic carboxylic acids is 1. The average molecular weight is 254 g/mol. The zero-order chi connectivity index (χ0) is 12.1. The minimum absolute atomic E-state index is 0.00241. The fraction of sp³-hybridized carbons (Fsp3) is 0.333. The lowest BCUT2D eigenvalue weighted by molar-refractivity contribution is -0.133. The fourth-order valence-corrected chi connectivity index (χ4v) is 1.96. The van der Waals surface area contributed by atoms with Gasteiger partial charge in [-0.05, 0) is 0 Å². The predicted octanol–water partition coefficient (Wildman–Crippen LogP) is 0.685. The molecule has 2 aromatic rings. The van der Waals surface area contributed by atoms with Crippen LogP contribution in [0.25, 0.3) is 0 Å². The van der Waals surface area contributed by atoms with E-state index in [4.69, 9.17) is 9.63 Å². The summed E-state index contributed by atoms with van der Waals surface area (Å²) in [6, 6.07) is 0. The molecule has 90 valence electrons.